The molecule has 166 valence electrons. The number of fused-ring (bicyclic) bond motifs is 3. The van der Waals surface area contributed by atoms with Gasteiger partial charge in [0.05, 0.1) is 28.0 Å². The second-order valence-corrected chi connectivity index (χ2v) is 8.88. The molecule has 0 atom stereocenters. The average Bonchev–Trinajstić information content (AvgIpc) is 3.52. The highest BCUT2D eigenvalue weighted by Gasteiger charge is 2.17. The number of hydrogen-bond donors (Lipinski definition) is 1. The van der Waals surface area contributed by atoms with Gasteiger partial charge in [-0.1, -0.05) is 84.6 Å². The van der Waals surface area contributed by atoms with Crippen LogP contribution < -0.4 is 5.56 Å². The Kier molecular flexibility index (Phi) is 5.00. The standard InChI is InChI=1S/C26H20N6OS/c1-31-24(33)19-14-8-9-15-20(19)32-21(29-30-26(31)32)16-34-25-27-22(17-10-4-2-5-11-17)23(28-25)18-12-6-3-7-13-18/h2-15H,16H2,1H3,(H,27,28). The SMILES string of the molecule is Cn1c(=O)c2ccccc2n2c(CSc3nc(-c4ccccc4)c(-c4ccccc4)[nH]3)nnc12. The van der Waals surface area contributed by atoms with Crippen LogP contribution >= 0.6 is 11.8 Å². The number of nitrogens with zero attached hydrogens (tertiary/aromatic N) is 5. The fourth-order valence-corrected chi connectivity index (χ4v) is 4.94. The van der Waals surface area contributed by atoms with Gasteiger partial charge in [0.25, 0.3) is 5.56 Å². The first-order chi connectivity index (χ1) is 16.7. The normalized spacial score (nSPS) is 11.4. The Hall–Kier alpha value is -4.17. The number of para-hydroxylation sites is 1. The van der Waals surface area contributed by atoms with E-state index in [0.29, 0.717) is 16.9 Å². The fraction of sp³-hybridized carbons (Fsp3) is 0.0769. The third-order valence-electron chi connectivity index (χ3n) is 5.82. The highest BCUT2D eigenvalue weighted by atomic mass is 32.2. The van der Waals surface area contributed by atoms with Gasteiger partial charge in [-0.2, -0.15) is 0 Å². The number of aromatic nitrogens is 6. The number of nitrogens with one attached hydrogen (secondary N) is 1. The predicted molar refractivity (Wildman–Crippen MR) is 135 cm³/mol. The summed E-state index contributed by atoms with van der Waals surface area (Å²) in [6, 6.07) is 27.9. The van der Waals surface area contributed by atoms with Gasteiger partial charge in [0.2, 0.25) is 5.78 Å². The molecule has 3 heterocycles. The van der Waals surface area contributed by atoms with E-state index in [2.05, 4.69) is 39.4 Å². The molecule has 3 aromatic carbocycles. The van der Waals surface area contributed by atoms with E-state index < -0.39 is 0 Å². The van der Waals surface area contributed by atoms with Crippen LogP contribution in [-0.4, -0.2) is 29.1 Å². The number of H-pyrrole nitrogens is 1. The van der Waals surface area contributed by atoms with Crippen molar-refractivity contribution in [3.63, 3.8) is 0 Å². The zero-order chi connectivity index (χ0) is 23.1. The van der Waals surface area contributed by atoms with Crippen molar-refractivity contribution in [2.75, 3.05) is 0 Å². The highest BCUT2D eigenvalue weighted by molar-refractivity contribution is 7.98. The van der Waals surface area contributed by atoms with Gasteiger partial charge in [-0.3, -0.25) is 13.8 Å². The lowest BCUT2D eigenvalue weighted by Gasteiger charge is -2.07. The monoisotopic (exact) mass is 464 g/mol. The van der Waals surface area contributed by atoms with E-state index in [0.717, 1.165) is 39.0 Å². The lowest BCUT2D eigenvalue weighted by molar-refractivity contribution is 0.857. The van der Waals surface area contributed by atoms with Crippen LogP contribution in [0.15, 0.2) is 94.9 Å². The van der Waals surface area contributed by atoms with Gasteiger partial charge in [0.1, 0.15) is 5.82 Å². The smallest absolute Gasteiger partial charge is 0.262 e. The molecular formula is C26H20N6OS. The molecule has 6 rings (SSSR count). The summed E-state index contributed by atoms with van der Waals surface area (Å²) in [6.07, 6.45) is 0. The van der Waals surface area contributed by atoms with Gasteiger partial charge >= 0.3 is 0 Å². The van der Waals surface area contributed by atoms with Crippen LogP contribution in [-0.2, 0) is 12.8 Å². The minimum atomic E-state index is -0.0826. The summed E-state index contributed by atoms with van der Waals surface area (Å²) >= 11 is 1.56. The lowest BCUT2D eigenvalue weighted by Crippen LogP contribution is -2.20. The van der Waals surface area contributed by atoms with Crippen LogP contribution in [0.4, 0.5) is 0 Å². The molecule has 0 radical (unpaired) electrons. The number of benzene rings is 3. The topological polar surface area (TPSA) is 80.9 Å². The van der Waals surface area contributed by atoms with Crippen LogP contribution in [0.2, 0.25) is 0 Å². The van der Waals surface area contributed by atoms with Crippen molar-refractivity contribution < 1.29 is 0 Å². The summed E-state index contributed by atoms with van der Waals surface area (Å²) in [5.74, 6) is 1.82. The Morgan fingerprint density at radius 1 is 0.853 bits per heavy atom. The maximum absolute atomic E-state index is 12.7. The first-order valence-electron chi connectivity index (χ1n) is 10.9. The Morgan fingerprint density at radius 3 is 2.29 bits per heavy atom. The van der Waals surface area contributed by atoms with Crippen molar-refractivity contribution in [3.8, 4) is 22.5 Å². The number of rotatable bonds is 5. The molecule has 0 aliphatic heterocycles. The molecule has 3 aromatic heterocycles. The molecule has 0 bridgehead atoms. The predicted octanol–water partition coefficient (Wildman–Crippen LogP) is 4.93. The third-order valence-corrected chi connectivity index (χ3v) is 6.69. The van der Waals surface area contributed by atoms with Crippen molar-refractivity contribution in [3.05, 3.63) is 101 Å². The summed E-state index contributed by atoms with van der Waals surface area (Å²) < 4.78 is 3.49. The quantitative estimate of drug-likeness (QED) is 0.366. The second kappa shape index (κ2) is 8.31. The maximum Gasteiger partial charge on any atom is 0.262 e. The third kappa shape index (κ3) is 3.39. The first kappa shape index (κ1) is 20.4. The number of aromatic amines is 1. The Bertz CT molecular complexity index is 1630. The van der Waals surface area contributed by atoms with Crippen molar-refractivity contribution in [2.45, 2.75) is 10.9 Å². The highest BCUT2D eigenvalue weighted by Crippen LogP contribution is 2.33. The Labute approximate surface area is 199 Å². The maximum atomic E-state index is 12.7. The molecule has 0 aliphatic carbocycles. The summed E-state index contributed by atoms with van der Waals surface area (Å²) in [4.78, 5) is 21.1. The van der Waals surface area contributed by atoms with E-state index in [4.69, 9.17) is 4.98 Å². The lowest BCUT2D eigenvalue weighted by atomic mass is 10.1. The first-order valence-corrected chi connectivity index (χ1v) is 11.8. The molecule has 0 amide bonds. The van der Waals surface area contributed by atoms with Crippen molar-refractivity contribution in [1.29, 1.82) is 0 Å². The molecule has 0 spiro atoms. The van der Waals surface area contributed by atoms with Gasteiger partial charge in [-0.25, -0.2) is 4.98 Å². The van der Waals surface area contributed by atoms with Crippen molar-refractivity contribution in [1.82, 2.24) is 29.1 Å². The summed E-state index contributed by atoms with van der Waals surface area (Å²) in [6.45, 7) is 0. The van der Waals surface area contributed by atoms with E-state index in [9.17, 15) is 4.79 Å². The fourth-order valence-electron chi connectivity index (χ4n) is 4.16. The minimum Gasteiger partial charge on any atom is -0.332 e. The van der Waals surface area contributed by atoms with Gasteiger partial charge in [0.15, 0.2) is 5.16 Å². The molecule has 0 saturated carbocycles. The summed E-state index contributed by atoms with van der Waals surface area (Å²) in [5.41, 5.74) is 4.74. The molecule has 1 N–H and O–H groups in total. The second-order valence-electron chi connectivity index (χ2n) is 7.92. The van der Waals surface area contributed by atoms with Crippen LogP contribution in [0.3, 0.4) is 0 Å². The van der Waals surface area contributed by atoms with E-state index in [1.165, 1.54) is 4.57 Å². The van der Waals surface area contributed by atoms with Crippen LogP contribution in [0.1, 0.15) is 5.82 Å². The molecule has 7 nitrogen and oxygen atoms in total. The van der Waals surface area contributed by atoms with Crippen LogP contribution in [0.5, 0.6) is 0 Å². The van der Waals surface area contributed by atoms with E-state index in [-0.39, 0.29) is 5.56 Å². The van der Waals surface area contributed by atoms with Gasteiger partial charge in [-0.15, -0.1) is 10.2 Å². The summed E-state index contributed by atoms with van der Waals surface area (Å²) in [5, 5.41) is 10.1. The van der Waals surface area contributed by atoms with E-state index in [1.807, 2.05) is 65.1 Å². The number of imidazole rings is 1. The number of aryl methyl sites for hydroxylation is 1. The van der Waals surface area contributed by atoms with Gasteiger partial charge in [0, 0.05) is 18.2 Å². The summed E-state index contributed by atoms with van der Waals surface area (Å²) in [7, 11) is 1.72. The Balaban J connectivity index is 1.41. The molecule has 0 fully saturated rings. The van der Waals surface area contributed by atoms with Crippen molar-refractivity contribution in [2.24, 2.45) is 7.05 Å². The molecule has 0 unspecified atom stereocenters. The zero-order valence-electron chi connectivity index (χ0n) is 18.3. The van der Waals surface area contributed by atoms with Crippen LogP contribution in [0.25, 0.3) is 39.2 Å². The number of thioether (sulfide) groups is 1. The number of hydrogen-bond acceptors (Lipinski definition) is 5. The van der Waals surface area contributed by atoms with Gasteiger partial charge in [-0.05, 0) is 12.1 Å². The van der Waals surface area contributed by atoms with Crippen molar-refractivity contribution >= 4 is 28.4 Å². The van der Waals surface area contributed by atoms with Gasteiger partial charge < -0.3 is 4.98 Å². The minimum absolute atomic E-state index is 0.0826. The molecule has 0 aliphatic rings. The molecule has 6 aromatic rings. The van der Waals surface area contributed by atoms with Crippen LogP contribution in [0, 0.1) is 0 Å². The average molecular weight is 465 g/mol. The molecule has 8 heteroatoms. The molecule has 34 heavy (non-hydrogen) atoms. The zero-order valence-corrected chi connectivity index (χ0v) is 19.2. The van der Waals surface area contributed by atoms with E-state index in [1.54, 1.807) is 18.8 Å². The molecule has 0 saturated heterocycles. The Morgan fingerprint density at radius 2 is 1.53 bits per heavy atom. The largest absolute Gasteiger partial charge is 0.332 e. The molecular weight excluding hydrogens is 444 g/mol. The van der Waals surface area contributed by atoms with E-state index >= 15 is 0 Å².